The first kappa shape index (κ1) is 21.6. The van der Waals surface area contributed by atoms with Gasteiger partial charge in [-0.25, -0.2) is 0 Å². The van der Waals surface area contributed by atoms with Crippen LogP contribution in [0.3, 0.4) is 0 Å². The van der Waals surface area contributed by atoms with E-state index in [1.165, 1.54) is 0 Å². The van der Waals surface area contributed by atoms with Crippen LogP contribution in [0.5, 0.6) is 0 Å². The Labute approximate surface area is 164 Å². The van der Waals surface area contributed by atoms with Crippen molar-refractivity contribution < 1.29 is 24.9 Å². The molecule has 28 heavy (non-hydrogen) atoms. The van der Waals surface area contributed by atoms with Gasteiger partial charge < -0.3 is 26.0 Å². The van der Waals surface area contributed by atoms with Crippen LogP contribution in [0, 0.1) is 0 Å². The molecule has 0 aliphatic carbocycles. The van der Waals surface area contributed by atoms with Gasteiger partial charge in [0.25, 0.3) is 12.4 Å². The Kier molecular flexibility index (Phi) is 8.13. The fourth-order valence-corrected chi connectivity index (χ4v) is 3.09. The van der Waals surface area contributed by atoms with E-state index in [0.29, 0.717) is 18.5 Å². The minimum Gasteiger partial charge on any atom is -0.483 e. The van der Waals surface area contributed by atoms with E-state index < -0.39 is 5.60 Å². The Morgan fingerprint density at radius 1 is 1.18 bits per heavy atom. The molecule has 1 atom stereocenters. The molecule has 1 unspecified atom stereocenters. The average molecular weight is 386 g/mol. The summed E-state index contributed by atoms with van der Waals surface area (Å²) in [6.45, 7) is 1.42. The van der Waals surface area contributed by atoms with E-state index in [4.69, 9.17) is 15.0 Å². The zero-order chi connectivity index (χ0) is 20.4. The molecule has 1 aliphatic heterocycles. The van der Waals surface area contributed by atoms with E-state index in [-0.39, 0.29) is 25.5 Å². The number of carbonyl (C=O) groups excluding carboxylic acids is 1. The standard InChI is InChI=1S/C20H24N2O3.CH2O2/c23-12-15-5-7-16(8-6-15)17-3-1-4-18(11-17)19(24)22-14-20(25)9-2-10-21-13-20;2-1-3/h1,3-8,11,21,23,25H,2,9-10,12-14H2,(H,22,24);1H,(H,2,3). The summed E-state index contributed by atoms with van der Waals surface area (Å²) in [6, 6.07) is 15.0. The predicted molar refractivity (Wildman–Crippen MR) is 106 cm³/mol. The van der Waals surface area contributed by atoms with Crippen LogP contribution in [0.15, 0.2) is 48.5 Å². The van der Waals surface area contributed by atoms with Crippen LogP contribution in [0.25, 0.3) is 11.1 Å². The number of piperidine rings is 1. The lowest BCUT2D eigenvalue weighted by Crippen LogP contribution is -2.52. The minimum atomic E-state index is -0.869. The minimum absolute atomic E-state index is 0.0144. The van der Waals surface area contributed by atoms with Crippen molar-refractivity contribution >= 4 is 12.4 Å². The first-order valence-corrected chi connectivity index (χ1v) is 9.11. The summed E-state index contributed by atoms with van der Waals surface area (Å²) in [5.74, 6) is -0.187. The molecule has 2 aromatic carbocycles. The van der Waals surface area contributed by atoms with E-state index >= 15 is 0 Å². The summed E-state index contributed by atoms with van der Waals surface area (Å²) in [5.41, 5.74) is 2.48. The highest BCUT2D eigenvalue weighted by molar-refractivity contribution is 5.95. The van der Waals surface area contributed by atoms with E-state index in [2.05, 4.69) is 10.6 Å². The van der Waals surface area contributed by atoms with Crippen molar-refractivity contribution in [1.29, 1.82) is 0 Å². The zero-order valence-electron chi connectivity index (χ0n) is 15.6. The third kappa shape index (κ3) is 6.16. The molecule has 1 heterocycles. The normalized spacial score (nSPS) is 18.5. The number of carboxylic acid groups (broad SMARTS) is 1. The summed E-state index contributed by atoms with van der Waals surface area (Å²) in [5, 5.41) is 32.5. The predicted octanol–water partition coefficient (Wildman–Crippen LogP) is 1.39. The summed E-state index contributed by atoms with van der Waals surface area (Å²) in [6.07, 6.45) is 1.60. The van der Waals surface area contributed by atoms with Gasteiger partial charge >= 0.3 is 0 Å². The van der Waals surface area contributed by atoms with Crippen LogP contribution in [0.2, 0.25) is 0 Å². The first-order chi connectivity index (χ1) is 13.5. The number of amides is 1. The van der Waals surface area contributed by atoms with Crippen LogP contribution in [0.1, 0.15) is 28.8 Å². The lowest BCUT2D eigenvalue weighted by molar-refractivity contribution is -0.122. The number of hydrogen-bond acceptors (Lipinski definition) is 5. The number of nitrogens with one attached hydrogen (secondary N) is 2. The second kappa shape index (κ2) is 10.6. The molecular formula is C21H26N2O5. The third-order valence-corrected chi connectivity index (χ3v) is 4.62. The molecule has 0 aromatic heterocycles. The topological polar surface area (TPSA) is 119 Å². The molecule has 7 nitrogen and oxygen atoms in total. The summed E-state index contributed by atoms with van der Waals surface area (Å²) in [4.78, 5) is 20.8. The maximum atomic E-state index is 12.4. The molecular weight excluding hydrogens is 360 g/mol. The maximum Gasteiger partial charge on any atom is 0.290 e. The SMILES string of the molecule is O=C(NCC1(O)CCCNC1)c1cccc(-c2ccc(CO)cc2)c1.O=CO. The molecule has 0 radical (unpaired) electrons. The monoisotopic (exact) mass is 386 g/mol. The van der Waals surface area contributed by atoms with Crippen molar-refractivity contribution in [1.82, 2.24) is 10.6 Å². The Hall–Kier alpha value is -2.74. The van der Waals surface area contributed by atoms with Crippen molar-refractivity contribution in [3.63, 3.8) is 0 Å². The lowest BCUT2D eigenvalue weighted by atomic mass is 9.94. The fraction of sp³-hybridized carbons (Fsp3) is 0.333. The Bertz CT molecular complexity index is 771. The van der Waals surface area contributed by atoms with Crippen molar-refractivity contribution in [3.05, 3.63) is 59.7 Å². The molecule has 1 amide bonds. The van der Waals surface area contributed by atoms with Crippen LogP contribution in [-0.2, 0) is 11.4 Å². The number of rotatable bonds is 5. The van der Waals surface area contributed by atoms with Crippen molar-refractivity contribution in [2.24, 2.45) is 0 Å². The number of aliphatic hydroxyl groups excluding tert-OH is 1. The highest BCUT2D eigenvalue weighted by Gasteiger charge is 2.29. The highest BCUT2D eigenvalue weighted by atomic mass is 16.3. The molecule has 3 rings (SSSR count). The van der Waals surface area contributed by atoms with Gasteiger partial charge in [0.2, 0.25) is 0 Å². The van der Waals surface area contributed by atoms with E-state index in [0.717, 1.165) is 29.7 Å². The van der Waals surface area contributed by atoms with E-state index in [1.54, 1.807) is 6.07 Å². The summed E-state index contributed by atoms with van der Waals surface area (Å²) < 4.78 is 0. The molecule has 0 bridgehead atoms. The molecule has 7 heteroatoms. The quantitative estimate of drug-likeness (QED) is 0.496. The maximum absolute atomic E-state index is 12.4. The molecule has 0 spiro atoms. The molecule has 1 fully saturated rings. The zero-order valence-corrected chi connectivity index (χ0v) is 15.6. The number of carbonyl (C=O) groups is 2. The second-order valence-corrected chi connectivity index (χ2v) is 6.73. The van der Waals surface area contributed by atoms with Crippen molar-refractivity contribution in [2.45, 2.75) is 25.0 Å². The van der Waals surface area contributed by atoms with Gasteiger partial charge in [-0.2, -0.15) is 0 Å². The Morgan fingerprint density at radius 2 is 1.89 bits per heavy atom. The van der Waals surface area contributed by atoms with Gasteiger partial charge in [0.1, 0.15) is 0 Å². The van der Waals surface area contributed by atoms with Crippen LogP contribution in [0.4, 0.5) is 0 Å². The number of benzene rings is 2. The molecule has 1 saturated heterocycles. The van der Waals surface area contributed by atoms with Gasteiger partial charge in [-0.1, -0.05) is 36.4 Å². The van der Waals surface area contributed by atoms with Crippen LogP contribution in [-0.4, -0.2) is 52.9 Å². The molecule has 2 aromatic rings. The van der Waals surface area contributed by atoms with Gasteiger partial charge in [-0.15, -0.1) is 0 Å². The average Bonchev–Trinajstić information content (AvgIpc) is 2.73. The van der Waals surface area contributed by atoms with Crippen LogP contribution < -0.4 is 10.6 Å². The van der Waals surface area contributed by atoms with E-state index in [1.807, 2.05) is 42.5 Å². The van der Waals surface area contributed by atoms with Gasteiger partial charge in [-0.3, -0.25) is 9.59 Å². The van der Waals surface area contributed by atoms with Gasteiger partial charge in [0.15, 0.2) is 0 Å². The Morgan fingerprint density at radius 3 is 2.50 bits per heavy atom. The molecule has 1 aliphatic rings. The number of aliphatic hydroxyl groups is 2. The third-order valence-electron chi connectivity index (χ3n) is 4.62. The van der Waals surface area contributed by atoms with E-state index in [9.17, 15) is 9.90 Å². The first-order valence-electron chi connectivity index (χ1n) is 9.11. The van der Waals surface area contributed by atoms with Gasteiger partial charge in [0.05, 0.1) is 12.2 Å². The highest BCUT2D eigenvalue weighted by Crippen LogP contribution is 2.21. The molecule has 0 saturated carbocycles. The van der Waals surface area contributed by atoms with Crippen molar-refractivity contribution in [2.75, 3.05) is 19.6 Å². The van der Waals surface area contributed by atoms with Gasteiger partial charge in [0, 0.05) is 18.7 Å². The smallest absolute Gasteiger partial charge is 0.290 e. The van der Waals surface area contributed by atoms with Gasteiger partial charge in [-0.05, 0) is 48.2 Å². The second-order valence-electron chi connectivity index (χ2n) is 6.73. The summed E-state index contributed by atoms with van der Waals surface area (Å²) >= 11 is 0. The summed E-state index contributed by atoms with van der Waals surface area (Å²) in [7, 11) is 0. The molecule has 5 N–H and O–H groups in total. The molecule has 150 valence electrons. The number of β-amino-alcohol motifs (C(OH)–C–C–N with tert-alkyl or cyclic N) is 1. The Balaban J connectivity index is 0.000000878. The lowest BCUT2D eigenvalue weighted by Gasteiger charge is -2.32. The van der Waals surface area contributed by atoms with Crippen molar-refractivity contribution in [3.8, 4) is 11.1 Å². The fourth-order valence-electron chi connectivity index (χ4n) is 3.09. The number of hydrogen-bond donors (Lipinski definition) is 5. The van der Waals surface area contributed by atoms with Crippen LogP contribution >= 0.6 is 0 Å². The largest absolute Gasteiger partial charge is 0.483 e.